The van der Waals surface area contributed by atoms with Crippen molar-refractivity contribution in [2.45, 2.75) is 0 Å². The molecule has 0 atom stereocenters. The molecule has 2 nitrogen and oxygen atoms in total. The Morgan fingerprint density at radius 2 is 0.938 bits per heavy atom. The molecule has 10 aromatic rings. The molecule has 0 unspecified atom stereocenters. The highest BCUT2D eigenvalue weighted by Crippen LogP contribution is 2.50. The van der Waals surface area contributed by atoms with Crippen LogP contribution in [0.3, 0.4) is 0 Å². The molecule has 0 radical (unpaired) electrons. The Kier molecular flexibility index (Phi) is 3.74. The van der Waals surface area contributed by atoms with Crippen LogP contribution in [0.15, 0.2) is 178 Å². The minimum absolute atomic E-state index is 0.0125. The lowest BCUT2D eigenvalue weighted by Gasteiger charge is -2.17. The largest absolute Gasteiger partial charge is 0.455 e. The SMILES string of the molecule is [2H]c1c([2H])c([2H])c(-c2c3c([2H])c([2H])c([2H])c([2H])c3c(-c3cccc4c3oc3ccc5oc(-c6ccccc6)c(-c6ccccc6)c5c34)c3c([2H])c([2H])c([2H])c([2H])c23)c([2H])c1[2H]. The summed E-state index contributed by atoms with van der Waals surface area (Å²) in [6, 6.07) is 19.5. The lowest BCUT2D eigenvalue weighted by atomic mass is 9.85. The summed E-state index contributed by atoms with van der Waals surface area (Å²) in [5.74, 6) is 0.632. The van der Waals surface area contributed by atoms with Crippen LogP contribution < -0.4 is 0 Å². The van der Waals surface area contributed by atoms with Crippen molar-refractivity contribution < 1.29 is 26.7 Å². The van der Waals surface area contributed by atoms with Crippen LogP contribution in [0.4, 0.5) is 0 Å². The lowest BCUT2D eigenvalue weighted by Crippen LogP contribution is -1.90. The summed E-state index contributed by atoms with van der Waals surface area (Å²) in [4.78, 5) is 0. The van der Waals surface area contributed by atoms with E-state index in [-0.39, 0.29) is 43.8 Å². The first-order chi connectivity index (χ1) is 29.2. The van der Waals surface area contributed by atoms with Crippen LogP contribution >= 0.6 is 0 Å². The molecule has 0 N–H and O–H groups in total. The average molecular weight is 626 g/mol. The molecule has 2 heterocycles. The molecule has 0 fully saturated rings. The van der Waals surface area contributed by atoms with Gasteiger partial charge in [-0.15, -0.1) is 0 Å². The van der Waals surface area contributed by atoms with Gasteiger partial charge in [-0.25, -0.2) is 0 Å². The van der Waals surface area contributed by atoms with Crippen molar-refractivity contribution in [1.82, 2.24) is 0 Å². The van der Waals surface area contributed by atoms with E-state index in [9.17, 15) is 5.48 Å². The maximum Gasteiger partial charge on any atom is 0.143 e. The molecule has 224 valence electrons. The minimum atomic E-state index is -0.731. The van der Waals surface area contributed by atoms with Gasteiger partial charge in [0.05, 0.1) is 17.8 Å². The molecular formula is C46H28O2. The van der Waals surface area contributed by atoms with E-state index >= 15 is 0 Å². The molecule has 0 spiro atoms. The van der Waals surface area contributed by atoms with Crippen LogP contribution in [-0.2, 0) is 0 Å². The zero-order valence-corrected chi connectivity index (χ0v) is 25.0. The predicted molar refractivity (Wildman–Crippen MR) is 200 cm³/mol. The first kappa shape index (κ1) is 17.0. The fourth-order valence-corrected chi connectivity index (χ4v) is 6.87. The van der Waals surface area contributed by atoms with Gasteiger partial charge in [-0.3, -0.25) is 0 Å². The zero-order valence-electron chi connectivity index (χ0n) is 38.0. The van der Waals surface area contributed by atoms with Crippen molar-refractivity contribution in [2.75, 3.05) is 0 Å². The average Bonchev–Trinajstić information content (AvgIpc) is 3.86. The second-order valence-corrected chi connectivity index (χ2v) is 11.4. The van der Waals surface area contributed by atoms with E-state index in [0.29, 0.717) is 27.7 Å². The van der Waals surface area contributed by atoms with Crippen molar-refractivity contribution in [3.05, 3.63) is 170 Å². The van der Waals surface area contributed by atoms with Gasteiger partial charge in [0.25, 0.3) is 0 Å². The summed E-state index contributed by atoms with van der Waals surface area (Å²) in [5.41, 5.74) is 3.18. The van der Waals surface area contributed by atoms with Crippen molar-refractivity contribution in [3.8, 4) is 44.7 Å². The Labute approximate surface area is 295 Å². The predicted octanol–water partition coefficient (Wildman–Crippen LogP) is 13.3. The number of benzene rings is 8. The van der Waals surface area contributed by atoms with Gasteiger partial charge >= 0.3 is 0 Å². The van der Waals surface area contributed by atoms with Gasteiger partial charge < -0.3 is 8.83 Å². The van der Waals surface area contributed by atoms with Crippen molar-refractivity contribution in [1.29, 1.82) is 0 Å². The van der Waals surface area contributed by atoms with Gasteiger partial charge in [-0.05, 0) is 50.4 Å². The number of hydrogen-bond acceptors (Lipinski definition) is 2. The number of hydrogen-bond donors (Lipinski definition) is 0. The first-order valence-electron chi connectivity index (χ1n) is 21.8. The Morgan fingerprint density at radius 1 is 0.375 bits per heavy atom. The summed E-state index contributed by atoms with van der Waals surface area (Å²) in [6.07, 6.45) is 0. The van der Waals surface area contributed by atoms with Crippen molar-refractivity contribution in [3.63, 3.8) is 0 Å². The summed E-state index contributed by atoms with van der Waals surface area (Å²) >= 11 is 0. The van der Waals surface area contributed by atoms with Gasteiger partial charge in [-0.2, -0.15) is 0 Å². The van der Waals surface area contributed by atoms with Gasteiger partial charge in [0.15, 0.2) is 0 Å². The topological polar surface area (TPSA) is 26.3 Å². The highest BCUT2D eigenvalue weighted by Gasteiger charge is 2.25. The van der Waals surface area contributed by atoms with E-state index in [1.165, 1.54) is 0 Å². The lowest BCUT2D eigenvalue weighted by molar-refractivity contribution is 0.632. The number of rotatable bonds is 4. The molecule has 0 saturated heterocycles. The van der Waals surface area contributed by atoms with Crippen LogP contribution in [0.25, 0.3) is 99.2 Å². The Hall–Kier alpha value is -6.38. The molecule has 2 heteroatoms. The Bertz CT molecular complexity index is 3450. The van der Waals surface area contributed by atoms with Crippen LogP contribution in [0, 0.1) is 0 Å². The maximum atomic E-state index is 9.40. The van der Waals surface area contributed by atoms with Crippen LogP contribution in [0.2, 0.25) is 0 Å². The Morgan fingerprint density at radius 3 is 1.58 bits per heavy atom. The third-order valence-corrected chi connectivity index (χ3v) is 8.81. The maximum absolute atomic E-state index is 9.40. The summed E-state index contributed by atoms with van der Waals surface area (Å²) in [7, 11) is 0. The molecule has 0 aliphatic rings. The molecule has 0 aliphatic heterocycles. The third-order valence-electron chi connectivity index (χ3n) is 8.81. The molecule has 0 amide bonds. The highest BCUT2D eigenvalue weighted by molar-refractivity contribution is 6.28. The smallest absolute Gasteiger partial charge is 0.143 e. The van der Waals surface area contributed by atoms with Crippen molar-refractivity contribution >= 4 is 54.5 Å². The standard InChI is InChI=1S/C46H28O2/c1-4-15-29(16-5-1)40-32-21-10-12-23-34(32)42(35-24-13-11-22-33(35)40)36-25-14-26-37-43-38(48-46(36)37)27-28-39-44(43)41(30-17-6-2-7-18-30)45(47-39)31-19-8-3-9-20-31/h1-28H/i1D,4D,5D,10D,11D,12D,13D,15D,16D,21D,22D,23D,24D. The van der Waals surface area contributed by atoms with Crippen LogP contribution in [-0.4, -0.2) is 0 Å². The third kappa shape index (κ3) is 3.93. The van der Waals surface area contributed by atoms with E-state index < -0.39 is 84.1 Å². The normalized spacial score (nSPS) is 15.5. The summed E-state index contributed by atoms with van der Waals surface area (Å²) in [5, 5.41) is 1.03. The molecule has 10 rings (SSSR count). The van der Waals surface area contributed by atoms with E-state index in [1.807, 2.05) is 72.8 Å². The monoisotopic (exact) mass is 625 g/mol. The van der Waals surface area contributed by atoms with Gasteiger partial charge in [0.1, 0.15) is 22.5 Å². The second-order valence-electron chi connectivity index (χ2n) is 11.4. The number of para-hydroxylation sites is 1. The molecule has 2 aromatic heterocycles. The van der Waals surface area contributed by atoms with Gasteiger partial charge in [-0.1, -0.05) is 157 Å². The first-order valence-corrected chi connectivity index (χ1v) is 15.3. The number of fused-ring (bicyclic) bond motifs is 7. The van der Waals surface area contributed by atoms with Crippen LogP contribution in [0.5, 0.6) is 0 Å². The number of furan rings is 2. The quantitative estimate of drug-likeness (QED) is 0.182. The fraction of sp³-hybridized carbons (Fsp3) is 0. The molecule has 48 heavy (non-hydrogen) atoms. The van der Waals surface area contributed by atoms with E-state index in [4.69, 9.17) is 21.2 Å². The van der Waals surface area contributed by atoms with Gasteiger partial charge in [0, 0.05) is 38.4 Å². The van der Waals surface area contributed by atoms with E-state index in [0.717, 1.165) is 22.1 Å². The summed E-state index contributed by atoms with van der Waals surface area (Å²) in [6.45, 7) is 0. The Balaban J connectivity index is 1.44. The molecule has 0 saturated carbocycles. The minimum Gasteiger partial charge on any atom is -0.455 e. The summed E-state index contributed by atoms with van der Waals surface area (Å²) < 4.78 is 129. The molecule has 8 aromatic carbocycles. The molecule has 0 bridgehead atoms. The second kappa shape index (κ2) is 10.6. The zero-order chi connectivity index (χ0) is 42.9. The molecular weight excluding hydrogens is 585 g/mol. The van der Waals surface area contributed by atoms with Crippen molar-refractivity contribution in [2.24, 2.45) is 0 Å². The highest BCUT2D eigenvalue weighted by atomic mass is 16.3. The van der Waals surface area contributed by atoms with E-state index in [1.54, 1.807) is 18.2 Å². The fourth-order valence-electron chi connectivity index (χ4n) is 6.87. The molecule has 0 aliphatic carbocycles. The van der Waals surface area contributed by atoms with E-state index in [2.05, 4.69) is 0 Å². The van der Waals surface area contributed by atoms with Crippen LogP contribution in [0.1, 0.15) is 17.8 Å². The van der Waals surface area contributed by atoms with Gasteiger partial charge in [0.2, 0.25) is 0 Å².